The summed E-state index contributed by atoms with van der Waals surface area (Å²) in [5.41, 5.74) is -0.178. The summed E-state index contributed by atoms with van der Waals surface area (Å²) in [6.45, 7) is 5.94. The van der Waals surface area contributed by atoms with E-state index >= 15 is 0 Å². The fourth-order valence-corrected chi connectivity index (χ4v) is 1.29. The molecule has 0 unspecified atom stereocenters. The Hall–Kier alpha value is -1.00. The van der Waals surface area contributed by atoms with Gasteiger partial charge < -0.3 is 0 Å². The molecule has 1 rings (SSSR count). The van der Waals surface area contributed by atoms with Crippen molar-refractivity contribution in [3.05, 3.63) is 17.5 Å². The third kappa shape index (κ3) is 2.08. The Morgan fingerprint density at radius 3 is 2.29 bits per heavy atom. The summed E-state index contributed by atoms with van der Waals surface area (Å²) < 4.78 is 38.3. The second-order valence-electron chi connectivity index (χ2n) is 3.42. The van der Waals surface area contributed by atoms with Gasteiger partial charge in [0.25, 0.3) is 0 Å². The Morgan fingerprint density at radius 1 is 1.43 bits per heavy atom. The van der Waals surface area contributed by atoms with Crippen molar-refractivity contribution in [2.24, 2.45) is 0 Å². The van der Waals surface area contributed by atoms with Gasteiger partial charge >= 0.3 is 6.18 Å². The summed E-state index contributed by atoms with van der Waals surface area (Å²) in [5, 5.41) is 3.51. The minimum Gasteiger partial charge on any atom is -0.269 e. The second kappa shape index (κ2) is 3.63. The molecule has 0 aromatic carbocycles. The highest BCUT2D eigenvalue weighted by Crippen LogP contribution is 2.30. The van der Waals surface area contributed by atoms with Crippen LogP contribution in [0, 0.1) is 0 Å². The molecule has 0 saturated heterocycles. The van der Waals surface area contributed by atoms with E-state index in [4.69, 9.17) is 0 Å². The zero-order valence-corrected chi connectivity index (χ0v) is 8.39. The van der Waals surface area contributed by atoms with Crippen LogP contribution in [0.3, 0.4) is 0 Å². The Balaban J connectivity index is 3.13. The lowest BCUT2D eigenvalue weighted by Gasteiger charge is -2.06. The topological polar surface area (TPSA) is 17.8 Å². The highest BCUT2D eigenvalue weighted by molar-refractivity contribution is 5.16. The molecule has 0 saturated carbocycles. The standard InChI is InChI=1S/C9H13F3N2/c1-4-14-7(6(2)3)5-8(13-14)9(10,11)12/h5-6H,4H2,1-3H3. The largest absolute Gasteiger partial charge is 0.435 e. The normalized spacial score (nSPS) is 12.5. The van der Waals surface area contributed by atoms with E-state index in [1.165, 1.54) is 4.68 Å². The van der Waals surface area contributed by atoms with Crippen LogP contribution in [-0.2, 0) is 12.7 Å². The lowest BCUT2D eigenvalue weighted by atomic mass is 10.1. The minimum absolute atomic E-state index is 0.0542. The Labute approximate surface area is 80.7 Å². The van der Waals surface area contributed by atoms with Gasteiger partial charge in [-0.3, -0.25) is 4.68 Å². The summed E-state index contributed by atoms with van der Waals surface area (Å²) in [6.07, 6.45) is -4.34. The van der Waals surface area contributed by atoms with Crippen LogP contribution >= 0.6 is 0 Å². The van der Waals surface area contributed by atoms with Crippen LogP contribution in [0.15, 0.2) is 6.07 Å². The molecule has 0 aliphatic carbocycles. The van der Waals surface area contributed by atoms with E-state index in [0.717, 1.165) is 6.07 Å². The molecule has 0 aliphatic rings. The molecule has 80 valence electrons. The van der Waals surface area contributed by atoms with Gasteiger partial charge in [-0.1, -0.05) is 13.8 Å². The van der Waals surface area contributed by atoms with E-state index in [9.17, 15) is 13.2 Å². The fraction of sp³-hybridized carbons (Fsp3) is 0.667. The Bertz CT molecular complexity index is 312. The number of hydrogen-bond donors (Lipinski definition) is 0. The van der Waals surface area contributed by atoms with Gasteiger partial charge in [0.05, 0.1) is 0 Å². The predicted molar refractivity (Wildman–Crippen MR) is 47.0 cm³/mol. The molecule has 1 heterocycles. The molecule has 0 amide bonds. The summed E-state index contributed by atoms with van der Waals surface area (Å²) in [6, 6.07) is 1.12. The molecular formula is C9H13F3N2. The average Bonchev–Trinajstić information content (AvgIpc) is 2.45. The van der Waals surface area contributed by atoms with Gasteiger partial charge in [0.2, 0.25) is 0 Å². The van der Waals surface area contributed by atoms with E-state index < -0.39 is 11.9 Å². The van der Waals surface area contributed by atoms with E-state index in [0.29, 0.717) is 12.2 Å². The van der Waals surface area contributed by atoms with Crippen LogP contribution in [0.2, 0.25) is 0 Å². The van der Waals surface area contributed by atoms with Crippen LogP contribution in [-0.4, -0.2) is 9.78 Å². The number of nitrogens with zero attached hydrogens (tertiary/aromatic N) is 2. The maximum absolute atomic E-state index is 12.3. The average molecular weight is 206 g/mol. The van der Waals surface area contributed by atoms with Gasteiger partial charge in [-0.05, 0) is 18.9 Å². The molecule has 0 N–H and O–H groups in total. The molecule has 1 aromatic rings. The van der Waals surface area contributed by atoms with E-state index in [1.807, 2.05) is 13.8 Å². The molecule has 14 heavy (non-hydrogen) atoms. The van der Waals surface area contributed by atoms with E-state index in [1.54, 1.807) is 6.92 Å². The van der Waals surface area contributed by atoms with Crippen molar-refractivity contribution in [2.75, 3.05) is 0 Å². The van der Waals surface area contributed by atoms with Gasteiger partial charge in [0.15, 0.2) is 5.69 Å². The summed E-state index contributed by atoms with van der Waals surface area (Å²) in [7, 11) is 0. The van der Waals surface area contributed by atoms with Crippen molar-refractivity contribution in [2.45, 2.75) is 39.4 Å². The molecule has 1 aromatic heterocycles. The first-order chi connectivity index (χ1) is 6.36. The molecule has 0 aliphatic heterocycles. The van der Waals surface area contributed by atoms with E-state index in [2.05, 4.69) is 5.10 Å². The van der Waals surface area contributed by atoms with Crippen molar-refractivity contribution in [3.8, 4) is 0 Å². The number of rotatable bonds is 2. The fourth-order valence-electron chi connectivity index (χ4n) is 1.29. The van der Waals surface area contributed by atoms with Gasteiger partial charge in [0, 0.05) is 12.2 Å². The first-order valence-electron chi connectivity index (χ1n) is 4.51. The molecule has 0 fully saturated rings. The van der Waals surface area contributed by atoms with Gasteiger partial charge in [0.1, 0.15) is 0 Å². The molecule has 0 radical (unpaired) electrons. The highest BCUT2D eigenvalue weighted by Gasteiger charge is 2.34. The maximum atomic E-state index is 12.3. The third-order valence-corrected chi connectivity index (χ3v) is 1.99. The van der Waals surface area contributed by atoms with Gasteiger partial charge in [-0.25, -0.2) is 0 Å². The number of aryl methyl sites for hydroxylation is 1. The highest BCUT2D eigenvalue weighted by atomic mass is 19.4. The van der Waals surface area contributed by atoms with Crippen LogP contribution in [0.1, 0.15) is 38.1 Å². The summed E-state index contributed by atoms with van der Waals surface area (Å²) in [4.78, 5) is 0. The van der Waals surface area contributed by atoms with Gasteiger partial charge in [-0.15, -0.1) is 0 Å². The van der Waals surface area contributed by atoms with Crippen molar-refractivity contribution < 1.29 is 13.2 Å². The smallest absolute Gasteiger partial charge is 0.269 e. The van der Waals surface area contributed by atoms with Crippen LogP contribution in [0.4, 0.5) is 13.2 Å². The number of alkyl halides is 3. The van der Waals surface area contributed by atoms with Crippen LogP contribution in [0.25, 0.3) is 0 Å². The predicted octanol–water partition coefficient (Wildman–Crippen LogP) is 3.05. The maximum Gasteiger partial charge on any atom is 0.435 e. The zero-order chi connectivity index (χ0) is 10.9. The monoisotopic (exact) mass is 206 g/mol. The lowest BCUT2D eigenvalue weighted by molar-refractivity contribution is -0.141. The van der Waals surface area contributed by atoms with Gasteiger partial charge in [-0.2, -0.15) is 18.3 Å². The molecule has 0 spiro atoms. The van der Waals surface area contributed by atoms with Crippen molar-refractivity contribution in [1.82, 2.24) is 9.78 Å². The third-order valence-electron chi connectivity index (χ3n) is 1.99. The number of hydrogen-bond acceptors (Lipinski definition) is 1. The first-order valence-corrected chi connectivity index (χ1v) is 4.51. The van der Waals surface area contributed by atoms with Crippen molar-refractivity contribution in [1.29, 1.82) is 0 Å². The van der Waals surface area contributed by atoms with E-state index in [-0.39, 0.29) is 5.92 Å². The Kier molecular flexibility index (Phi) is 2.87. The Morgan fingerprint density at radius 2 is 2.00 bits per heavy atom. The second-order valence-corrected chi connectivity index (χ2v) is 3.42. The van der Waals surface area contributed by atoms with Crippen LogP contribution < -0.4 is 0 Å². The van der Waals surface area contributed by atoms with Crippen LogP contribution in [0.5, 0.6) is 0 Å². The molecule has 2 nitrogen and oxygen atoms in total. The SMILES string of the molecule is CCn1nc(C(F)(F)F)cc1C(C)C. The first kappa shape index (κ1) is 11.1. The molecule has 0 bridgehead atoms. The molecule has 0 atom stereocenters. The molecule has 5 heteroatoms. The van der Waals surface area contributed by atoms with Crippen molar-refractivity contribution in [3.63, 3.8) is 0 Å². The summed E-state index contributed by atoms with van der Waals surface area (Å²) >= 11 is 0. The summed E-state index contributed by atoms with van der Waals surface area (Å²) in [5.74, 6) is 0.0542. The lowest BCUT2D eigenvalue weighted by Crippen LogP contribution is -2.08. The minimum atomic E-state index is -4.34. The number of aromatic nitrogens is 2. The molecular weight excluding hydrogens is 193 g/mol. The number of halogens is 3. The quantitative estimate of drug-likeness (QED) is 0.727. The van der Waals surface area contributed by atoms with Crippen molar-refractivity contribution >= 4 is 0 Å². The zero-order valence-electron chi connectivity index (χ0n) is 8.39.